The first-order chi connectivity index (χ1) is 7.84. The lowest BCUT2D eigenvalue weighted by Gasteiger charge is -2.27. The standard InChI is InChI=1S/C12H14N2OS/c15-12-10-3-6-16-11(10)2-5-14(12)4-1-9-7-13-8-9/h2-3,5-6,9,13H,1,4,7-8H2. The molecule has 1 fully saturated rings. The van der Waals surface area contributed by atoms with E-state index in [1.807, 2.05) is 28.3 Å². The summed E-state index contributed by atoms with van der Waals surface area (Å²) in [4.78, 5) is 12.1. The maximum Gasteiger partial charge on any atom is 0.259 e. The van der Waals surface area contributed by atoms with Crippen molar-refractivity contribution in [1.82, 2.24) is 9.88 Å². The minimum atomic E-state index is 0.158. The molecular weight excluding hydrogens is 220 g/mol. The fourth-order valence-electron chi connectivity index (χ4n) is 2.06. The number of nitrogens with zero attached hydrogens (tertiary/aromatic N) is 1. The van der Waals surface area contributed by atoms with Crippen molar-refractivity contribution in [3.63, 3.8) is 0 Å². The van der Waals surface area contributed by atoms with Crippen molar-refractivity contribution in [1.29, 1.82) is 0 Å². The van der Waals surface area contributed by atoms with Gasteiger partial charge in [0.25, 0.3) is 5.56 Å². The number of fused-ring (bicyclic) bond motifs is 1. The minimum absolute atomic E-state index is 0.158. The summed E-state index contributed by atoms with van der Waals surface area (Å²) in [5, 5.41) is 6.09. The van der Waals surface area contributed by atoms with Crippen LogP contribution < -0.4 is 10.9 Å². The van der Waals surface area contributed by atoms with Gasteiger partial charge in [-0.3, -0.25) is 4.79 Å². The Bertz CT molecular complexity index is 553. The van der Waals surface area contributed by atoms with Crippen molar-refractivity contribution >= 4 is 21.4 Å². The van der Waals surface area contributed by atoms with Crippen molar-refractivity contribution in [2.75, 3.05) is 13.1 Å². The van der Waals surface area contributed by atoms with E-state index in [0.29, 0.717) is 0 Å². The summed E-state index contributed by atoms with van der Waals surface area (Å²) in [7, 11) is 0. The van der Waals surface area contributed by atoms with Crippen LogP contribution in [0.5, 0.6) is 0 Å². The van der Waals surface area contributed by atoms with E-state index < -0.39 is 0 Å². The van der Waals surface area contributed by atoms with Gasteiger partial charge in [0, 0.05) is 17.4 Å². The summed E-state index contributed by atoms with van der Waals surface area (Å²) in [6.45, 7) is 3.06. The molecule has 84 valence electrons. The van der Waals surface area contributed by atoms with Crippen molar-refractivity contribution < 1.29 is 0 Å². The van der Waals surface area contributed by atoms with Crippen LogP contribution in [0.2, 0.25) is 0 Å². The third-order valence-corrected chi connectivity index (χ3v) is 4.12. The van der Waals surface area contributed by atoms with Gasteiger partial charge in [0.2, 0.25) is 0 Å². The molecule has 0 saturated carbocycles. The van der Waals surface area contributed by atoms with Crippen LogP contribution in [0.1, 0.15) is 6.42 Å². The molecule has 2 aromatic heterocycles. The van der Waals surface area contributed by atoms with E-state index in [0.717, 1.165) is 42.1 Å². The lowest BCUT2D eigenvalue weighted by molar-refractivity contribution is 0.311. The Balaban J connectivity index is 1.85. The molecule has 2 aromatic rings. The topological polar surface area (TPSA) is 34.0 Å². The molecule has 3 nitrogen and oxygen atoms in total. The second-order valence-corrected chi connectivity index (χ2v) is 5.27. The van der Waals surface area contributed by atoms with Gasteiger partial charge < -0.3 is 9.88 Å². The summed E-state index contributed by atoms with van der Waals surface area (Å²) in [6, 6.07) is 3.96. The zero-order chi connectivity index (χ0) is 11.0. The largest absolute Gasteiger partial charge is 0.316 e. The molecule has 4 heteroatoms. The molecule has 1 saturated heterocycles. The second-order valence-electron chi connectivity index (χ2n) is 4.33. The second kappa shape index (κ2) is 4.03. The molecule has 0 radical (unpaired) electrons. The molecule has 1 aliphatic heterocycles. The number of rotatable bonds is 3. The van der Waals surface area contributed by atoms with Crippen molar-refractivity contribution in [2.24, 2.45) is 5.92 Å². The molecule has 0 bridgehead atoms. The van der Waals surface area contributed by atoms with Crippen LogP contribution in [0, 0.1) is 5.92 Å². The molecule has 1 aliphatic rings. The highest BCUT2D eigenvalue weighted by molar-refractivity contribution is 7.17. The lowest BCUT2D eigenvalue weighted by Crippen LogP contribution is -2.42. The van der Waals surface area contributed by atoms with Crippen LogP contribution in [-0.2, 0) is 6.54 Å². The molecule has 1 N–H and O–H groups in total. The van der Waals surface area contributed by atoms with E-state index in [1.165, 1.54) is 0 Å². The van der Waals surface area contributed by atoms with E-state index in [9.17, 15) is 4.79 Å². The van der Waals surface area contributed by atoms with E-state index in [4.69, 9.17) is 0 Å². The molecule has 0 spiro atoms. The Kier molecular flexibility index (Phi) is 2.53. The highest BCUT2D eigenvalue weighted by Gasteiger charge is 2.16. The van der Waals surface area contributed by atoms with Gasteiger partial charge >= 0.3 is 0 Å². The van der Waals surface area contributed by atoms with E-state index in [-0.39, 0.29) is 5.56 Å². The van der Waals surface area contributed by atoms with Gasteiger partial charge in [0.15, 0.2) is 0 Å². The van der Waals surface area contributed by atoms with Gasteiger partial charge in [-0.2, -0.15) is 0 Å². The van der Waals surface area contributed by atoms with Gasteiger partial charge in [0.1, 0.15) is 0 Å². The molecule has 0 amide bonds. The molecule has 0 atom stereocenters. The van der Waals surface area contributed by atoms with Gasteiger partial charge in [-0.15, -0.1) is 11.3 Å². The smallest absolute Gasteiger partial charge is 0.259 e. The van der Waals surface area contributed by atoms with Crippen LogP contribution >= 0.6 is 11.3 Å². The quantitative estimate of drug-likeness (QED) is 0.876. The predicted octanol–water partition coefficient (Wildman–Crippen LogP) is 1.67. The number of pyridine rings is 1. The molecular formula is C12H14N2OS. The van der Waals surface area contributed by atoms with Gasteiger partial charge in [-0.25, -0.2) is 0 Å². The lowest BCUT2D eigenvalue weighted by atomic mass is 9.99. The monoisotopic (exact) mass is 234 g/mol. The summed E-state index contributed by atoms with van der Waals surface area (Å²) in [5.74, 6) is 0.755. The van der Waals surface area contributed by atoms with Crippen LogP contribution in [0.4, 0.5) is 0 Å². The van der Waals surface area contributed by atoms with Crippen LogP contribution in [0.15, 0.2) is 28.5 Å². The molecule has 0 aliphatic carbocycles. The van der Waals surface area contributed by atoms with Crippen LogP contribution in [0.25, 0.3) is 10.1 Å². The first kappa shape index (κ1) is 10.1. The number of hydrogen-bond donors (Lipinski definition) is 1. The van der Waals surface area contributed by atoms with Crippen molar-refractivity contribution in [3.8, 4) is 0 Å². The maximum absolute atomic E-state index is 12.1. The van der Waals surface area contributed by atoms with Crippen LogP contribution in [0.3, 0.4) is 0 Å². The highest BCUT2D eigenvalue weighted by atomic mass is 32.1. The average Bonchev–Trinajstić information content (AvgIpc) is 2.67. The average molecular weight is 234 g/mol. The minimum Gasteiger partial charge on any atom is -0.316 e. The Labute approximate surface area is 97.7 Å². The van der Waals surface area contributed by atoms with E-state index >= 15 is 0 Å². The first-order valence-electron chi connectivity index (χ1n) is 5.62. The molecule has 0 unspecified atom stereocenters. The summed E-state index contributed by atoms with van der Waals surface area (Å²) >= 11 is 1.63. The van der Waals surface area contributed by atoms with Crippen molar-refractivity contribution in [2.45, 2.75) is 13.0 Å². The summed E-state index contributed by atoms with van der Waals surface area (Å²) in [5.41, 5.74) is 0.158. The Morgan fingerprint density at radius 1 is 1.44 bits per heavy atom. The normalized spacial score (nSPS) is 16.5. The van der Waals surface area contributed by atoms with Crippen molar-refractivity contribution in [3.05, 3.63) is 34.1 Å². The molecule has 3 heterocycles. The number of nitrogens with one attached hydrogen (secondary N) is 1. The van der Waals surface area contributed by atoms with Gasteiger partial charge in [-0.05, 0) is 42.9 Å². The summed E-state index contributed by atoms with van der Waals surface area (Å²) in [6.07, 6.45) is 3.02. The number of aromatic nitrogens is 1. The number of thiophene rings is 1. The maximum atomic E-state index is 12.1. The summed E-state index contributed by atoms with van der Waals surface area (Å²) < 4.78 is 2.93. The molecule has 3 rings (SSSR count). The predicted molar refractivity (Wildman–Crippen MR) is 67.1 cm³/mol. The van der Waals surface area contributed by atoms with E-state index in [2.05, 4.69) is 5.32 Å². The fourth-order valence-corrected chi connectivity index (χ4v) is 2.83. The number of hydrogen-bond acceptors (Lipinski definition) is 3. The Hall–Kier alpha value is -1.13. The van der Waals surface area contributed by atoms with Gasteiger partial charge in [0.05, 0.1) is 5.39 Å². The zero-order valence-electron chi connectivity index (χ0n) is 8.98. The third kappa shape index (κ3) is 1.68. The molecule has 16 heavy (non-hydrogen) atoms. The molecule has 0 aromatic carbocycles. The number of aryl methyl sites for hydroxylation is 1. The van der Waals surface area contributed by atoms with E-state index in [1.54, 1.807) is 11.3 Å². The zero-order valence-corrected chi connectivity index (χ0v) is 9.80. The Morgan fingerprint density at radius 3 is 3.06 bits per heavy atom. The third-order valence-electron chi connectivity index (χ3n) is 3.24. The van der Waals surface area contributed by atoms with Crippen LogP contribution in [-0.4, -0.2) is 17.7 Å². The fraction of sp³-hybridized carbons (Fsp3) is 0.417. The first-order valence-corrected chi connectivity index (χ1v) is 6.50. The van der Waals surface area contributed by atoms with Gasteiger partial charge in [-0.1, -0.05) is 0 Å². The Morgan fingerprint density at radius 2 is 2.31 bits per heavy atom. The highest BCUT2D eigenvalue weighted by Crippen LogP contribution is 2.16. The SMILES string of the molecule is O=c1c2ccsc2ccn1CCC1CNC1.